The highest BCUT2D eigenvalue weighted by Crippen LogP contribution is 2.19. The molecule has 0 heterocycles. The number of rotatable bonds is 4. The second-order valence-corrected chi connectivity index (χ2v) is 5.20. The highest BCUT2D eigenvalue weighted by atomic mass is 35.5. The van der Waals surface area contributed by atoms with Crippen LogP contribution >= 0.6 is 11.6 Å². The lowest BCUT2D eigenvalue weighted by Gasteiger charge is -2.08. The maximum absolute atomic E-state index is 13.0. The summed E-state index contributed by atoms with van der Waals surface area (Å²) in [5.41, 5.74) is 7.55. The number of hydrogen-bond acceptors (Lipinski definition) is 3. The molecule has 2 amide bonds. The average Bonchev–Trinajstić information content (AvgIpc) is 2.56. The van der Waals surface area contributed by atoms with E-state index >= 15 is 0 Å². The second-order valence-electron chi connectivity index (χ2n) is 4.79. The number of benzene rings is 2. The molecule has 2 aromatic carbocycles. The topological polar surface area (TPSA) is 84.2 Å². The number of amides is 2. The largest absolute Gasteiger partial charge is 0.344 e. The van der Waals surface area contributed by atoms with Crippen molar-refractivity contribution in [2.75, 3.05) is 5.32 Å². The monoisotopic (exact) mass is 335 g/mol. The standard InChI is InChI=1S/C16H15ClFN3O2/c17-13-7-12(4-5-14(13)18)21-16(23)15(22)20-9-11-3-1-2-10(6-11)8-19/h1-7H,8-9,19H2,(H,20,22)(H,21,23). The van der Waals surface area contributed by atoms with Crippen LogP contribution in [0.25, 0.3) is 0 Å². The predicted octanol–water partition coefficient (Wildman–Crippen LogP) is 2.19. The maximum Gasteiger partial charge on any atom is 0.313 e. The first-order chi connectivity index (χ1) is 11.0. The number of nitrogens with one attached hydrogen (secondary N) is 2. The summed E-state index contributed by atoms with van der Waals surface area (Å²) in [4.78, 5) is 23.5. The lowest BCUT2D eigenvalue weighted by atomic mass is 10.1. The molecule has 0 unspecified atom stereocenters. The lowest BCUT2D eigenvalue weighted by molar-refractivity contribution is -0.136. The Morgan fingerprint density at radius 3 is 2.52 bits per heavy atom. The van der Waals surface area contributed by atoms with Crippen LogP contribution in [-0.4, -0.2) is 11.8 Å². The first-order valence-corrected chi connectivity index (χ1v) is 7.19. The smallest absolute Gasteiger partial charge is 0.313 e. The first-order valence-electron chi connectivity index (χ1n) is 6.81. The minimum absolute atomic E-state index is 0.137. The van der Waals surface area contributed by atoms with Gasteiger partial charge in [0.05, 0.1) is 5.02 Å². The SMILES string of the molecule is NCc1cccc(CNC(=O)C(=O)Nc2ccc(F)c(Cl)c2)c1. The molecular weight excluding hydrogens is 321 g/mol. The Balaban J connectivity index is 1.91. The van der Waals surface area contributed by atoms with Crippen molar-refractivity contribution >= 4 is 29.1 Å². The highest BCUT2D eigenvalue weighted by Gasteiger charge is 2.14. The minimum Gasteiger partial charge on any atom is -0.344 e. The van der Waals surface area contributed by atoms with E-state index in [1.807, 2.05) is 24.3 Å². The normalized spacial score (nSPS) is 10.2. The maximum atomic E-state index is 13.0. The fourth-order valence-corrected chi connectivity index (χ4v) is 2.07. The van der Waals surface area contributed by atoms with Crippen LogP contribution < -0.4 is 16.4 Å². The van der Waals surface area contributed by atoms with Gasteiger partial charge >= 0.3 is 11.8 Å². The van der Waals surface area contributed by atoms with E-state index in [1.54, 1.807) is 0 Å². The molecule has 0 fully saturated rings. The Kier molecular flexibility index (Phi) is 5.67. The van der Waals surface area contributed by atoms with Crippen LogP contribution in [0.4, 0.5) is 10.1 Å². The summed E-state index contributed by atoms with van der Waals surface area (Å²) in [6.45, 7) is 0.595. The molecule has 7 heteroatoms. The number of hydrogen-bond donors (Lipinski definition) is 3. The number of carbonyl (C=O) groups excluding carboxylic acids is 2. The van der Waals surface area contributed by atoms with Gasteiger partial charge in [-0.3, -0.25) is 9.59 Å². The van der Waals surface area contributed by atoms with Gasteiger partial charge in [0.2, 0.25) is 0 Å². The van der Waals surface area contributed by atoms with E-state index in [4.69, 9.17) is 17.3 Å². The Hall–Kier alpha value is -2.44. The molecule has 2 aromatic rings. The molecule has 0 saturated carbocycles. The molecule has 23 heavy (non-hydrogen) atoms. The number of halogens is 2. The van der Waals surface area contributed by atoms with E-state index in [-0.39, 0.29) is 17.3 Å². The summed E-state index contributed by atoms with van der Waals surface area (Å²) in [7, 11) is 0. The van der Waals surface area contributed by atoms with Gasteiger partial charge in [0.25, 0.3) is 0 Å². The average molecular weight is 336 g/mol. The minimum atomic E-state index is -0.859. The number of carbonyl (C=O) groups is 2. The summed E-state index contributed by atoms with van der Waals surface area (Å²) in [6, 6.07) is 11.0. The van der Waals surface area contributed by atoms with Crippen molar-refractivity contribution < 1.29 is 14.0 Å². The van der Waals surface area contributed by atoms with Crippen LogP contribution in [0.1, 0.15) is 11.1 Å². The van der Waals surface area contributed by atoms with E-state index in [2.05, 4.69) is 10.6 Å². The Labute approximate surface area is 137 Å². The summed E-state index contributed by atoms with van der Waals surface area (Å²) in [5.74, 6) is -2.26. The molecule has 0 aliphatic rings. The fraction of sp³-hybridized carbons (Fsp3) is 0.125. The van der Waals surface area contributed by atoms with E-state index in [0.717, 1.165) is 17.2 Å². The fourth-order valence-electron chi connectivity index (χ4n) is 1.89. The van der Waals surface area contributed by atoms with Gasteiger partial charge in [-0.15, -0.1) is 0 Å². The molecule has 0 spiro atoms. The van der Waals surface area contributed by atoms with Crippen LogP contribution in [0.15, 0.2) is 42.5 Å². The van der Waals surface area contributed by atoms with E-state index in [9.17, 15) is 14.0 Å². The molecule has 4 N–H and O–H groups in total. The van der Waals surface area contributed by atoms with Gasteiger partial charge in [0.15, 0.2) is 0 Å². The molecule has 120 valence electrons. The van der Waals surface area contributed by atoms with Crippen molar-refractivity contribution in [2.24, 2.45) is 5.73 Å². The van der Waals surface area contributed by atoms with Gasteiger partial charge < -0.3 is 16.4 Å². The molecular formula is C16H15ClFN3O2. The second kappa shape index (κ2) is 7.71. The third-order valence-corrected chi connectivity index (χ3v) is 3.35. The third-order valence-electron chi connectivity index (χ3n) is 3.06. The Morgan fingerprint density at radius 2 is 1.83 bits per heavy atom. The molecule has 0 atom stereocenters. The number of nitrogens with two attached hydrogens (primary N) is 1. The predicted molar refractivity (Wildman–Crippen MR) is 86.2 cm³/mol. The summed E-state index contributed by atoms with van der Waals surface area (Å²) < 4.78 is 13.0. The molecule has 5 nitrogen and oxygen atoms in total. The van der Waals surface area contributed by atoms with Crippen LogP contribution in [0.3, 0.4) is 0 Å². The van der Waals surface area contributed by atoms with Crippen LogP contribution in [-0.2, 0) is 22.7 Å². The molecule has 0 radical (unpaired) electrons. The van der Waals surface area contributed by atoms with Crippen molar-refractivity contribution in [1.29, 1.82) is 0 Å². The molecule has 0 bridgehead atoms. The Bertz CT molecular complexity index is 737. The Morgan fingerprint density at radius 1 is 1.09 bits per heavy atom. The van der Waals surface area contributed by atoms with Gasteiger partial charge in [-0.2, -0.15) is 0 Å². The number of anilines is 1. The highest BCUT2D eigenvalue weighted by molar-refractivity contribution is 6.39. The lowest BCUT2D eigenvalue weighted by Crippen LogP contribution is -2.35. The molecule has 0 aromatic heterocycles. The van der Waals surface area contributed by atoms with Crippen molar-refractivity contribution in [3.8, 4) is 0 Å². The van der Waals surface area contributed by atoms with Gasteiger partial charge in [0, 0.05) is 18.8 Å². The van der Waals surface area contributed by atoms with Crippen LogP contribution in [0, 0.1) is 5.82 Å². The molecule has 2 rings (SSSR count). The quantitative estimate of drug-likeness (QED) is 0.749. The zero-order valence-electron chi connectivity index (χ0n) is 12.1. The van der Waals surface area contributed by atoms with Crippen molar-refractivity contribution in [3.63, 3.8) is 0 Å². The van der Waals surface area contributed by atoms with Gasteiger partial charge in [-0.1, -0.05) is 35.9 Å². The van der Waals surface area contributed by atoms with Crippen LogP contribution in [0.5, 0.6) is 0 Å². The summed E-state index contributed by atoms with van der Waals surface area (Å²) in [5, 5.41) is 4.71. The molecule has 0 saturated heterocycles. The zero-order chi connectivity index (χ0) is 16.8. The summed E-state index contributed by atoms with van der Waals surface area (Å²) >= 11 is 5.61. The van der Waals surface area contributed by atoms with Crippen molar-refractivity contribution in [3.05, 3.63) is 64.4 Å². The van der Waals surface area contributed by atoms with E-state index < -0.39 is 17.6 Å². The van der Waals surface area contributed by atoms with Gasteiger partial charge in [-0.25, -0.2) is 4.39 Å². The van der Waals surface area contributed by atoms with Gasteiger partial charge in [0.1, 0.15) is 5.82 Å². The van der Waals surface area contributed by atoms with Gasteiger partial charge in [-0.05, 0) is 29.3 Å². The molecule has 0 aliphatic carbocycles. The molecule has 0 aliphatic heterocycles. The van der Waals surface area contributed by atoms with Crippen molar-refractivity contribution in [2.45, 2.75) is 13.1 Å². The van der Waals surface area contributed by atoms with Crippen molar-refractivity contribution in [1.82, 2.24) is 5.32 Å². The first kappa shape index (κ1) is 16.9. The van der Waals surface area contributed by atoms with E-state index in [1.165, 1.54) is 12.1 Å². The zero-order valence-corrected chi connectivity index (χ0v) is 12.9. The van der Waals surface area contributed by atoms with Crippen LogP contribution in [0.2, 0.25) is 5.02 Å². The summed E-state index contributed by atoms with van der Waals surface area (Å²) in [6.07, 6.45) is 0. The van der Waals surface area contributed by atoms with E-state index in [0.29, 0.717) is 6.54 Å². The third kappa shape index (κ3) is 4.77.